The smallest absolute Gasteiger partial charge is 0.220 e. The van der Waals surface area contributed by atoms with Crippen molar-refractivity contribution in [2.45, 2.75) is 25.4 Å². The quantitative estimate of drug-likeness (QED) is 0.518. The summed E-state index contributed by atoms with van der Waals surface area (Å²) in [6.45, 7) is 2.60. The van der Waals surface area contributed by atoms with E-state index < -0.39 is 0 Å². The fourth-order valence-electron chi connectivity index (χ4n) is 4.18. The Morgan fingerprint density at radius 1 is 0.938 bits per heavy atom. The molecule has 0 spiro atoms. The number of halogens is 1. The van der Waals surface area contributed by atoms with E-state index in [1.165, 1.54) is 12.1 Å². The molecule has 0 saturated carbocycles. The molecule has 1 fully saturated rings. The van der Waals surface area contributed by atoms with Crippen molar-refractivity contribution in [1.82, 2.24) is 34.4 Å². The summed E-state index contributed by atoms with van der Waals surface area (Å²) in [5.41, 5.74) is 9.03. The van der Waals surface area contributed by atoms with E-state index >= 15 is 0 Å². The van der Waals surface area contributed by atoms with Gasteiger partial charge < -0.3 is 10.3 Å². The number of nitrogens with two attached hydrogens (primary N) is 1. The number of likely N-dealkylation sites (tertiary alicyclic amines) is 1. The number of anilines is 1. The van der Waals surface area contributed by atoms with E-state index in [9.17, 15) is 4.39 Å². The Labute approximate surface area is 185 Å². The molecule has 162 valence electrons. The van der Waals surface area contributed by atoms with E-state index in [-0.39, 0.29) is 17.8 Å². The molecule has 1 aromatic carbocycles. The molecule has 32 heavy (non-hydrogen) atoms. The van der Waals surface area contributed by atoms with Crippen molar-refractivity contribution in [2.24, 2.45) is 0 Å². The third-order valence-electron chi connectivity index (χ3n) is 5.76. The van der Waals surface area contributed by atoms with E-state index in [0.717, 1.165) is 55.3 Å². The number of piperidine rings is 1. The van der Waals surface area contributed by atoms with E-state index in [1.807, 2.05) is 18.5 Å². The maximum atomic E-state index is 13.5. The molecule has 0 bridgehead atoms. The molecule has 0 aliphatic carbocycles. The molecular weight excluding hydrogens is 407 g/mol. The Morgan fingerprint density at radius 2 is 1.69 bits per heavy atom. The van der Waals surface area contributed by atoms with Crippen molar-refractivity contribution in [1.29, 1.82) is 0 Å². The second kappa shape index (κ2) is 8.80. The first-order chi connectivity index (χ1) is 15.7. The molecule has 8 nitrogen and oxygen atoms in total. The average Bonchev–Trinajstić information content (AvgIpc) is 3.26. The van der Waals surface area contributed by atoms with Gasteiger partial charge in [0, 0.05) is 43.3 Å². The number of hydrogen-bond donors (Lipinski definition) is 1. The molecule has 3 aromatic heterocycles. The zero-order valence-corrected chi connectivity index (χ0v) is 17.5. The van der Waals surface area contributed by atoms with Crippen molar-refractivity contribution in [3.05, 3.63) is 73.0 Å². The van der Waals surface area contributed by atoms with Crippen molar-refractivity contribution in [3.63, 3.8) is 0 Å². The highest BCUT2D eigenvalue weighted by Gasteiger charge is 2.26. The summed E-state index contributed by atoms with van der Waals surface area (Å²) in [5.74, 6) is 0.762. The number of nitrogens with zero attached hydrogens (tertiary/aromatic N) is 7. The van der Waals surface area contributed by atoms with Crippen LogP contribution in [0.3, 0.4) is 0 Å². The van der Waals surface area contributed by atoms with Gasteiger partial charge in [-0.2, -0.15) is 0 Å². The molecule has 0 atom stereocenters. The lowest BCUT2D eigenvalue weighted by Gasteiger charge is -2.32. The number of hydrogen-bond acceptors (Lipinski definition) is 7. The number of rotatable bonds is 5. The normalized spacial score (nSPS) is 15.2. The highest BCUT2D eigenvalue weighted by Crippen LogP contribution is 2.35. The molecule has 2 N–H and O–H groups in total. The molecular formula is C23H23FN8. The van der Waals surface area contributed by atoms with Gasteiger partial charge in [0.1, 0.15) is 11.6 Å². The summed E-state index contributed by atoms with van der Waals surface area (Å²) in [6.07, 6.45) is 8.96. The van der Waals surface area contributed by atoms with Gasteiger partial charge in [0.2, 0.25) is 5.95 Å². The molecule has 9 heteroatoms. The molecule has 0 unspecified atom stereocenters. The monoisotopic (exact) mass is 430 g/mol. The van der Waals surface area contributed by atoms with Crippen LogP contribution in [0.1, 0.15) is 24.7 Å². The largest absolute Gasteiger partial charge is 0.368 e. The van der Waals surface area contributed by atoms with E-state index in [0.29, 0.717) is 5.69 Å². The van der Waals surface area contributed by atoms with Crippen LogP contribution in [-0.2, 0) is 6.54 Å². The fourth-order valence-corrected chi connectivity index (χ4v) is 4.18. The molecule has 5 rings (SSSR count). The summed E-state index contributed by atoms with van der Waals surface area (Å²) < 4.78 is 15.7. The van der Waals surface area contributed by atoms with Gasteiger partial charge in [-0.1, -0.05) is 0 Å². The topological polar surface area (TPSA) is 98.6 Å². The number of nitrogen functional groups attached to an aromatic ring is 1. The summed E-state index contributed by atoms with van der Waals surface area (Å²) in [5, 5.41) is 0. The number of benzene rings is 1. The summed E-state index contributed by atoms with van der Waals surface area (Å²) >= 11 is 0. The maximum absolute atomic E-state index is 13.5. The van der Waals surface area contributed by atoms with E-state index in [1.54, 1.807) is 30.7 Å². The molecule has 4 aromatic rings. The first kappa shape index (κ1) is 20.2. The predicted molar refractivity (Wildman–Crippen MR) is 119 cm³/mol. The van der Waals surface area contributed by atoms with Gasteiger partial charge >= 0.3 is 0 Å². The van der Waals surface area contributed by atoms with Crippen LogP contribution in [0.4, 0.5) is 10.3 Å². The van der Waals surface area contributed by atoms with Crippen LogP contribution < -0.4 is 5.73 Å². The lowest BCUT2D eigenvalue weighted by atomic mass is 10.0. The third kappa shape index (κ3) is 4.19. The summed E-state index contributed by atoms with van der Waals surface area (Å²) in [6, 6.07) is 10.3. The highest BCUT2D eigenvalue weighted by atomic mass is 19.1. The molecule has 1 saturated heterocycles. The van der Waals surface area contributed by atoms with Crippen molar-refractivity contribution in [2.75, 3.05) is 18.8 Å². The minimum atomic E-state index is -0.282. The lowest BCUT2D eigenvalue weighted by molar-refractivity contribution is 0.176. The lowest BCUT2D eigenvalue weighted by Crippen LogP contribution is -2.34. The Kier molecular flexibility index (Phi) is 5.55. The fraction of sp³-hybridized carbons (Fsp3) is 0.261. The van der Waals surface area contributed by atoms with Crippen LogP contribution in [0.25, 0.3) is 22.6 Å². The molecule has 0 amide bonds. The van der Waals surface area contributed by atoms with Crippen molar-refractivity contribution >= 4 is 5.95 Å². The van der Waals surface area contributed by atoms with Crippen LogP contribution in [0.5, 0.6) is 0 Å². The predicted octanol–water partition coefficient (Wildman–Crippen LogP) is 3.36. The minimum absolute atomic E-state index is 0.206. The van der Waals surface area contributed by atoms with Gasteiger partial charge in [-0.05, 0) is 49.2 Å². The van der Waals surface area contributed by atoms with Crippen LogP contribution in [0.2, 0.25) is 0 Å². The zero-order chi connectivity index (χ0) is 21.9. The Bertz CT molecular complexity index is 1180. The Balaban J connectivity index is 1.43. The van der Waals surface area contributed by atoms with Crippen LogP contribution in [0, 0.1) is 5.82 Å². The maximum Gasteiger partial charge on any atom is 0.220 e. The second-order valence-electron chi connectivity index (χ2n) is 7.83. The summed E-state index contributed by atoms with van der Waals surface area (Å²) in [4.78, 5) is 24.2. The van der Waals surface area contributed by atoms with Gasteiger partial charge in [-0.15, -0.1) is 0 Å². The average molecular weight is 430 g/mol. The first-order valence-corrected chi connectivity index (χ1v) is 10.6. The van der Waals surface area contributed by atoms with Crippen molar-refractivity contribution in [3.8, 4) is 22.6 Å². The minimum Gasteiger partial charge on any atom is -0.368 e. The van der Waals surface area contributed by atoms with Gasteiger partial charge in [0.05, 0.1) is 30.0 Å². The molecule has 4 heterocycles. The zero-order valence-electron chi connectivity index (χ0n) is 17.5. The first-order valence-electron chi connectivity index (χ1n) is 10.6. The molecule has 1 aliphatic rings. The Morgan fingerprint density at radius 3 is 2.41 bits per heavy atom. The SMILES string of the molecule is Nc1nccc(-c2c(-c3ccc(F)cc3)ncn2C2CCN(Cc3ncccn3)CC2)n1. The van der Waals surface area contributed by atoms with Crippen molar-refractivity contribution < 1.29 is 4.39 Å². The summed E-state index contributed by atoms with van der Waals surface area (Å²) in [7, 11) is 0. The van der Waals surface area contributed by atoms with Gasteiger partial charge in [-0.3, -0.25) is 4.90 Å². The Hall–Kier alpha value is -3.72. The number of aromatic nitrogens is 6. The standard InChI is InChI=1S/C23H23FN8/c24-17-4-2-16(3-5-17)21-22(19-6-11-28-23(25)30-19)32(15-29-21)18-7-12-31(13-8-18)14-20-26-9-1-10-27-20/h1-6,9-11,15,18H,7-8,12-14H2,(H2,25,28,30). The van der Waals surface area contributed by atoms with E-state index in [2.05, 4.69) is 34.4 Å². The van der Waals surface area contributed by atoms with Gasteiger partial charge in [0.15, 0.2) is 0 Å². The highest BCUT2D eigenvalue weighted by molar-refractivity contribution is 5.77. The molecule has 1 aliphatic heterocycles. The second-order valence-corrected chi connectivity index (χ2v) is 7.83. The third-order valence-corrected chi connectivity index (χ3v) is 5.76. The van der Waals surface area contributed by atoms with E-state index in [4.69, 9.17) is 5.73 Å². The van der Waals surface area contributed by atoms with Crippen LogP contribution in [0.15, 0.2) is 61.3 Å². The van der Waals surface area contributed by atoms with Gasteiger partial charge in [0.25, 0.3) is 0 Å². The van der Waals surface area contributed by atoms with Crippen LogP contribution >= 0.6 is 0 Å². The number of imidazole rings is 1. The van der Waals surface area contributed by atoms with Gasteiger partial charge in [-0.25, -0.2) is 29.3 Å². The molecule has 0 radical (unpaired) electrons. The van der Waals surface area contributed by atoms with Crippen LogP contribution in [-0.4, -0.2) is 47.5 Å².